The van der Waals surface area contributed by atoms with Gasteiger partial charge in [-0.15, -0.1) is 11.3 Å². The predicted octanol–water partition coefficient (Wildman–Crippen LogP) is 4.39. The number of amides is 2. The number of rotatable bonds is 4. The number of nitrogens with one attached hydrogen (secondary N) is 1. The minimum atomic E-state index is -0.251. The summed E-state index contributed by atoms with van der Waals surface area (Å²) in [5, 5.41) is 4.83. The van der Waals surface area contributed by atoms with E-state index in [0.717, 1.165) is 41.9 Å². The molecule has 0 spiro atoms. The van der Waals surface area contributed by atoms with Gasteiger partial charge in [-0.2, -0.15) is 0 Å². The van der Waals surface area contributed by atoms with Crippen molar-refractivity contribution >= 4 is 29.2 Å². The SMILES string of the molecule is Cc1ccc(C(=O)N/C(=C/c2cccs2)C(=O)N2CCC[C@@H](C)C2)cc1C. The average Bonchev–Trinajstić information content (AvgIpc) is 3.16. The molecular formula is C22H26N2O2S. The molecule has 1 fully saturated rings. The quantitative estimate of drug-likeness (QED) is 0.797. The molecule has 2 heterocycles. The summed E-state index contributed by atoms with van der Waals surface area (Å²) in [5.41, 5.74) is 3.10. The van der Waals surface area contributed by atoms with Crippen LogP contribution < -0.4 is 5.32 Å². The molecule has 3 rings (SSSR count). The van der Waals surface area contributed by atoms with Gasteiger partial charge in [-0.3, -0.25) is 9.59 Å². The van der Waals surface area contributed by atoms with Crippen LogP contribution in [0.25, 0.3) is 6.08 Å². The Morgan fingerprint density at radius 1 is 1.22 bits per heavy atom. The first-order valence-corrected chi connectivity index (χ1v) is 10.2. The van der Waals surface area contributed by atoms with Crippen LogP contribution in [0.5, 0.6) is 0 Å². The van der Waals surface area contributed by atoms with Gasteiger partial charge in [0.2, 0.25) is 0 Å². The summed E-state index contributed by atoms with van der Waals surface area (Å²) in [6.07, 6.45) is 3.93. The number of carbonyl (C=O) groups is 2. The van der Waals surface area contributed by atoms with Crippen molar-refractivity contribution in [1.82, 2.24) is 10.2 Å². The molecule has 2 amide bonds. The van der Waals surface area contributed by atoms with Crippen molar-refractivity contribution in [3.05, 3.63) is 63.0 Å². The van der Waals surface area contributed by atoms with Gasteiger partial charge in [0.1, 0.15) is 5.70 Å². The molecule has 0 bridgehead atoms. The Kier molecular flexibility index (Phi) is 6.11. The van der Waals surface area contributed by atoms with E-state index in [1.807, 2.05) is 48.4 Å². The number of hydrogen-bond acceptors (Lipinski definition) is 3. The smallest absolute Gasteiger partial charge is 0.270 e. The van der Waals surface area contributed by atoms with Crippen molar-refractivity contribution in [2.75, 3.05) is 13.1 Å². The van der Waals surface area contributed by atoms with Gasteiger partial charge in [-0.1, -0.05) is 19.1 Å². The van der Waals surface area contributed by atoms with Crippen molar-refractivity contribution in [1.29, 1.82) is 0 Å². The zero-order valence-corrected chi connectivity index (χ0v) is 16.9. The summed E-state index contributed by atoms with van der Waals surface area (Å²) in [7, 11) is 0. The first-order chi connectivity index (χ1) is 12.9. The maximum absolute atomic E-state index is 13.1. The minimum absolute atomic E-state index is 0.105. The molecule has 0 aliphatic carbocycles. The van der Waals surface area contributed by atoms with Gasteiger partial charge in [0, 0.05) is 23.5 Å². The summed E-state index contributed by atoms with van der Waals surface area (Å²) >= 11 is 1.54. The monoisotopic (exact) mass is 382 g/mol. The van der Waals surface area contributed by atoms with E-state index < -0.39 is 0 Å². The lowest BCUT2D eigenvalue weighted by Gasteiger charge is -2.31. The Morgan fingerprint density at radius 3 is 2.70 bits per heavy atom. The van der Waals surface area contributed by atoms with E-state index in [0.29, 0.717) is 17.2 Å². The lowest BCUT2D eigenvalue weighted by Crippen LogP contribution is -2.43. The molecule has 4 nitrogen and oxygen atoms in total. The highest BCUT2D eigenvalue weighted by atomic mass is 32.1. The number of likely N-dealkylation sites (tertiary alicyclic amines) is 1. The first kappa shape index (κ1) is 19.4. The Morgan fingerprint density at radius 2 is 2.04 bits per heavy atom. The van der Waals surface area contributed by atoms with E-state index in [-0.39, 0.29) is 11.8 Å². The molecule has 1 aromatic carbocycles. The van der Waals surface area contributed by atoms with Gasteiger partial charge in [0.05, 0.1) is 0 Å². The van der Waals surface area contributed by atoms with Gasteiger partial charge < -0.3 is 10.2 Å². The summed E-state index contributed by atoms with van der Waals surface area (Å²) in [6.45, 7) is 7.63. The zero-order valence-electron chi connectivity index (χ0n) is 16.1. The summed E-state index contributed by atoms with van der Waals surface area (Å²) in [5.74, 6) is 0.132. The number of piperidine rings is 1. The molecule has 0 unspecified atom stereocenters. The maximum Gasteiger partial charge on any atom is 0.270 e. The Balaban J connectivity index is 1.84. The van der Waals surface area contributed by atoms with Crippen LogP contribution in [0.15, 0.2) is 41.4 Å². The predicted molar refractivity (Wildman–Crippen MR) is 111 cm³/mol. The molecule has 1 atom stereocenters. The molecule has 0 radical (unpaired) electrons. The van der Waals surface area contributed by atoms with Gasteiger partial charge in [-0.05, 0) is 73.4 Å². The highest BCUT2D eigenvalue weighted by Crippen LogP contribution is 2.20. The van der Waals surface area contributed by atoms with Crippen LogP contribution >= 0.6 is 11.3 Å². The Hall–Kier alpha value is -2.40. The molecule has 1 aromatic heterocycles. The Labute approximate surface area is 164 Å². The fourth-order valence-electron chi connectivity index (χ4n) is 3.29. The molecule has 1 aliphatic heterocycles. The van der Waals surface area contributed by atoms with Crippen molar-refractivity contribution in [2.45, 2.75) is 33.6 Å². The van der Waals surface area contributed by atoms with Crippen molar-refractivity contribution < 1.29 is 9.59 Å². The molecule has 5 heteroatoms. The van der Waals surface area contributed by atoms with E-state index in [2.05, 4.69) is 12.2 Å². The molecule has 0 saturated carbocycles. The zero-order chi connectivity index (χ0) is 19.4. The first-order valence-electron chi connectivity index (χ1n) is 9.37. The van der Waals surface area contributed by atoms with Crippen molar-refractivity contribution in [3.63, 3.8) is 0 Å². The fraction of sp³-hybridized carbons (Fsp3) is 0.364. The second-order valence-corrected chi connectivity index (χ2v) is 8.30. The number of carbonyl (C=O) groups excluding carboxylic acids is 2. The molecule has 27 heavy (non-hydrogen) atoms. The third-order valence-electron chi connectivity index (χ3n) is 5.02. The topological polar surface area (TPSA) is 49.4 Å². The second-order valence-electron chi connectivity index (χ2n) is 7.33. The molecule has 1 N–H and O–H groups in total. The number of nitrogens with zero attached hydrogens (tertiary/aromatic N) is 1. The van der Waals surface area contributed by atoms with Gasteiger partial charge in [-0.25, -0.2) is 0 Å². The highest BCUT2D eigenvalue weighted by molar-refractivity contribution is 7.10. The van der Waals surface area contributed by atoms with Crippen molar-refractivity contribution in [3.8, 4) is 0 Å². The summed E-state index contributed by atoms with van der Waals surface area (Å²) in [4.78, 5) is 28.7. The molecule has 2 aromatic rings. The number of thiophene rings is 1. The van der Waals surface area contributed by atoms with E-state index in [1.54, 1.807) is 23.5 Å². The third-order valence-corrected chi connectivity index (χ3v) is 5.84. The fourth-order valence-corrected chi connectivity index (χ4v) is 3.95. The molecule has 1 aliphatic rings. The maximum atomic E-state index is 13.1. The van der Waals surface area contributed by atoms with E-state index in [9.17, 15) is 9.59 Å². The average molecular weight is 383 g/mol. The number of benzene rings is 1. The summed E-state index contributed by atoms with van der Waals surface area (Å²) in [6, 6.07) is 9.47. The Bertz CT molecular complexity index is 855. The van der Waals surface area contributed by atoms with Crippen LogP contribution in [0.3, 0.4) is 0 Å². The number of aryl methyl sites for hydroxylation is 2. The standard InChI is InChI=1S/C22H26N2O2S/c1-15-6-4-10-24(14-15)22(26)20(13-19-7-5-11-27-19)23-21(25)18-9-8-16(2)17(3)12-18/h5,7-9,11-13,15H,4,6,10,14H2,1-3H3,(H,23,25)/b20-13+/t15-/m1/s1. The lowest BCUT2D eigenvalue weighted by molar-refractivity contribution is -0.129. The van der Waals surface area contributed by atoms with Crippen LogP contribution in [0.4, 0.5) is 0 Å². The van der Waals surface area contributed by atoms with Crippen LogP contribution in [-0.4, -0.2) is 29.8 Å². The molecule has 1 saturated heterocycles. The third kappa shape index (κ3) is 4.86. The van der Waals surface area contributed by atoms with E-state index in [4.69, 9.17) is 0 Å². The van der Waals surface area contributed by atoms with E-state index in [1.165, 1.54) is 0 Å². The number of hydrogen-bond donors (Lipinski definition) is 1. The van der Waals surface area contributed by atoms with Crippen LogP contribution in [0, 0.1) is 19.8 Å². The largest absolute Gasteiger partial charge is 0.337 e. The molecular weight excluding hydrogens is 356 g/mol. The molecule has 142 valence electrons. The minimum Gasteiger partial charge on any atom is -0.337 e. The normalized spacial score (nSPS) is 17.7. The second kappa shape index (κ2) is 8.53. The van der Waals surface area contributed by atoms with Crippen LogP contribution in [-0.2, 0) is 4.79 Å². The lowest BCUT2D eigenvalue weighted by atomic mass is 10.00. The van der Waals surface area contributed by atoms with Crippen LogP contribution in [0.1, 0.15) is 46.1 Å². The highest BCUT2D eigenvalue weighted by Gasteiger charge is 2.25. The van der Waals surface area contributed by atoms with Crippen LogP contribution in [0.2, 0.25) is 0 Å². The van der Waals surface area contributed by atoms with Crippen molar-refractivity contribution in [2.24, 2.45) is 5.92 Å². The van der Waals surface area contributed by atoms with Gasteiger partial charge >= 0.3 is 0 Å². The summed E-state index contributed by atoms with van der Waals surface area (Å²) < 4.78 is 0. The van der Waals surface area contributed by atoms with Gasteiger partial charge in [0.15, 0.2) is 0 Å². The van der Waals surface area contributed by atoms with Gasteiger partial charge in [0.25, 0.3) is 11.8 Å². The van der Waals surface area contributed by atoms with E-state index >= 15 is 0 Å².